The lowest BCUT2D eigenvalue weighted by atomic mass is 10.0. The molecule has 0 spiro atoms. The molecule has 264 valence electrons. The van der Waals surface area contributed by atoms with Crippen molar-refractivity contribution in [1.29, 1.82) is 0 Å². The van der Waals surface area contributed by atoms with E-state index in [1.165, 1.54) is 10.8 Å². The molecule has 0 aliphatic heterocycles. The van der Waals surface area contributed by atoms with Gasteiger partial charge in [-0.2, -0.15) is 0 Å². The normalized spacial score (nSPS) is 11.6. The molecular formula is C52H34N2O2. The summed E-state index contributed by atoms with van der Waals surface area (Å²) in [5.74, 6) is 0. The van der Waals surface area contributed by atoms with Gasteiger partial charge in [0.25, 0.3) is 0 Å². The molecule has 56 heavy (non-hydrogen) atoms. The van der Waals surface area contributed by atoms with Gasteiger partial charge >= 0.3 is 0 Å². The van der Waals surface area contributed by atoms with Crippen LogP contribution in [0.2, 0.25) is 0 Å². The minimum absolute atomic E-state index is 0.872. The summed E-state index contributed by atoms with van der Waals surface area (Å²) in [5, 5.41) is 6.80. The molecule has 4 nitrogen and oxygen atoms in total. The Morgan fingerprint density at radius 1 is 0.268 bits per heavy atom. The molecule has 4 heteroatoms. The van der Waals surface area contributed by atoms with Crippen molar-refractivity contribution in [3.63, 3.8) is 0 Å². The predicted molar refractivity (Wildman–Crippen MR) is 233 cm³/mol. The van der Waals surface area contributed by atoms with Crippen molar-refractivity contribution in [3.05, 3.63) is 206 Å². The molecule has 0 radical (unpaired) electrons. The number of para-hydroxylation sites is 3. The number of hydrogen-bond acceptors (Lipinski definition) is 4. The van der Waals surface area contributed by atoms with Gasteiger partial charge < -0.3 is 18.6 Å². The Bertz CT molecular complexity index is 3080. The number of rotatable bonds is 7. The largest absolute Gasteiger partial charge is 0.456 e. The monoisotopic (exact) mass is 718 g/mol. The average Bonchev–Trinajstić information content (AvgIpc) is 3.83. The van der Waals surface area contributed by atoms with E-state index in [0.717, 1.165) is 89.1 Å². The van der Waals surface area contributed by atoms with Crippen LogP contribution in [0.4, 0.5) is 34.1 Å². The summed E-state index contributed by atoms with van der Waals surface area (Å²) in [6.07, 6.45) is 0. The number of anilines is 6. The second-order valence-electron chi connectivity index (χ2n) is 14.2. The van der Waals surface area contributed by atoms with E-state index in [4.69, 9.17) is 8.83 Å². The first kappa shape index (κ1) is 31.9. The SMILES string of the molecule is c1ccc(N(c2ccc(-c3ccc(N(c4ccc5oc6ccccc6c5c4)c4ccc5oc6ccccc6c5c4)cc3)cc2)c2cccc3ccccc23)cc1. The lowest BCUT2D eigenvalue weighted by Crippen LogP contribution is -2.10. The molecular weight excluding hydrogens is 685 g/mol. The van der Waals surface area contributed by atoms with Crippen LogP contribution in [0.1, 0.15) is 0 Å². The van der Waals surface area contributed by atoms with Crippen LogP contribution in [0.3, 0.4) is 0 Å². The average molecular weight is 719 g/mol. The molecule has 0 bridgehead atoms. The summed E-state index contributed by atoms with van der Waals surface area (Å²) < 4.78 is 12.4. The van der Waals surface area contributed by atoms with Gasteiger partial charge in [0.1, 0.15) is 22.3 Å². The summed E-state index contributed by atoms with van der Waals surface area (Å²) in [4.78, 5) is 4.66. The molecule has 9 aromatic carbocycles. The molecule has 0 amide bonds. The summed E-state index contributed by atoms with van der Waals surface area (Å²) in [6.45, 7) is 0. The third-order valence-corrected chi connectivity index (χ3v) is 10.8. The van der Waals surface area contributed by atoms with Gasteiger partial charge in [-0.15, -0.1) is 0 Å². The van der Waals surface area contributed by atoms with Crippen molar-refractivity contribution in [2.45, 2.75) is 0 Å². The molecule has 0 saturated carbocycles. The second kappa shape index (κ2) is 13.1. The molecule has 0 unspecified atom stereocenters. The van der Waals surface area contributed by atoms with Crippen LogP contribution in [0.15, 0.2) is 215 Å². The van der Waals surface area contributed by atoms with Crippen molar-refractivity contribution in [3.8, 4) is 11.1 Å². The fraction of sp³-hybridized carbons (Fsp3) is 0. The minimum Gasteiger partial charge on any atom is -0.456 e. The first-order valence-electron chi connectivity index (χ1n) is 18.9. The Kier molecular flexibility index (Phi) is 7.46. The van der Waals surface area contributed by atoms with Crippen LogP contribution in [0.5, 0.6) is 0 Å². The van der Waals surface area contributed by atoms with Gasteiger partial charge in [-0.3, -0.25) is 0 Å². The number of hydrogen-bond donors (Lipinski definition) is 0. The van der Waals surface area contributed by atoms with Gasteiger partial charge in [-0.05, 0) is 108 Å². The van der Waals surface area contributed by atoms with E-state index in [0.29, 0.717) is 0 Å². The fourth-order valence-electron chi connectivity index (χ4n) is 8.17. The van der Waals surface area contributed by atoms with Gasteiger partial charge in [0.15, 0.2) is 0 Å². The Labute approximate surface area is 323 Å². The highest BCUT2D eigenvalue weighted by atomic mass is 16.3. The fourth-order valence-corrected chi connectivity index (χ4v) is 8.17. The third kappa shape index (κ3) is 5.39. The van der Waals surface area contributed by atoms with Gasteiger partial charge in [0, 0.05) is 55.4 Å². The Balaban J connectivity index is 0.991. The molecule has 0 saturated heterocycles. The summed E-state index contributed by atoms with van der Waals surface area (Å²) in [6, 6.07) is 72.8. The Hall–Kier alpha value is -7.56. The number of fused-ring (bicyclic) bond motifs is 7. The van der Waals surface area contributed by atoms with Crippen molar-refractivity contribution >= 4 is 88.8 Å². The molecule has 0 N–H and O–H groups in total. The van der Waals surface area contributed by atoms with Gasteiger partial charge in [0.05, 0.1) is 5.69 Å². The highest BCUT2D eigenvalue weighted by molar-refractivity contribution is 6.08. The molecule has 0 aliphatic rings. The number of benzene rings is 9. The van der Waals surface area contributed by atoms with E-state index in [9.17, 15) is 0 Å². The van der Waals surface area contributed by atoms with E-state index < -0.39 is 0 Å². The van der Waals surface area contributed by atoms with Crippen LogP contribution < -0.4 is 9.80 Å². The standard InChI is InChI=1S/C52H34N2O2/c1-2-13-38(14-3-1)54(48-18-10-12-37-11-4-5-15-43(37)48)40-27-23-36(24-28-40)35-21-25-39(26-22-35)53(41-29-31-51-46(33-41)44-16-6-8-19-49(44)55-51)42-30-32-52-47(34-42)45-17-7-9-20-50(45)56-52/h1-34H. The van der Waals surface area contributed by atoms with E-state index in [1.807, 2.05) is 24.3 Å². The third-order valence-electron chi connectivity index (χ3n) is 10.8. The number of furan rings is 2. The molecule has 0 atom stereocenters. The highest BCUT2D eigenvalue weighted by Crippen LogP contribution is 2.43. The van der Waals surface area contributed by atoms with E-state index >= 15 is 0 Å². The van der Waals surface area contributed by atoms with Crippen molar-refractivity contribution < 1.29 is 8.83 Å². The van der Waals surface area contributed by atoms with Crippen LogP contribution in [0, 0.1) is 0 Å². The van der Waals surface area contributed by atoms with E-state index in [1.54, 1.807) is 0 Å². The van der Waals surface area contributed by atoms with Crippen LogP contribution >= 0.6 is 0 Å². The minimum atomic E-state index is 0.872. The molecule has 2 heterocycles. The molecule has 11 aromatic rings. The number of nitrogens with zero attached hydrogens (tertiary/aromatic N) is 2. The first-order valence-corrected chi connectivity index (χ1v) is 18.9. The van der Waals surface area contributed by atoms with Crippen LogP contribution in [0.25, 0.3) is 65.8 Å². The van der Waals surface area contributed by atoms with Crippen molar-refractivity contribution in [2.24, 2.45) is 0 Å². The van der Waals surface area contributed by atoms with E-state index in [-0.39, 0.29) is 0 Å². The Morgan fingerprint density at radius 2 is 0.696 bits per heavy atom. The smallest absolute Gasteiger partial charge is 0.135 e. The summed E-state index contributed by atoms with van der Waals surface area (Å²) in [5.41, 5.74) is 12.3. The van der Waals surface area contributed by atoms with Crippen molar-refractivity contribution in [1.82, 2.24) is 0 Å². The molecule has 0 aliphatic carbocycles. The maximum absolute atomic E-state index is 6.22. The maximum Gasteiger partial charge on any atom is 0.135 e. The quantitative estimate of drug-likeness (QED) is 0.164. The van der Waals surface area contributed by atoms with Gasteiger partial charge in [-0.25, -0.2) is 0 Å². The van der Waals surface area contributed by atoms with E-state index in [2.05, 4.69) is 192 Å². The highest BCUT2D eigenvalue weighted by Gasteiger charge is 2.19. The zero-order valence-electron chi connectivity index (χ0n) is 30.3. The first-order chi connectivity index (χ1) is 27.7. The van der Waals surface area contributed by atoms with Gasteiger partial charge in [-0.1, -0.05) is 115 Å². The molecule has 0 fully saturated rings. The summed E-state index contributed by atoms with van der Waals surface area (Å²) >= 11 is 0. The molecule has 11 rings (SSSR count). The Morgan fingerprint density at radius 3 is 1.29 bits per heavy atom. The van der Waals surface area contributed by atoms with Gasteiger partial charge in [0.2, 0.25) is 0 Å². The predicted octanol–water partition coefficient (Wildman–Crippen LogP) is 15.2. The maximum atomic E-state index is 6.22. The van der Waals surface area contributed by atoms with Crippen LogP contribution in [-0.4, -0.2) is 0 Å². The van der Waals surface area contributed by atoms with Crippen molar-refractivity contribution in [2.75, 3.05) is 9.80 Å². The van der Waals surface area contributed by atoms with Crippen LogP contribution in [-0.2, 0) is 0 Å². The lowest BCUT2D eigenvalue weighted by Gasteiger charge is -2.27. The molecule has 2 aromatic heterocycles. The zero-order chi connectivity index (χ0) is 37.0. The lowest BCUT2D eigenvalue weighted by molar-refractivity contribution is 0.668. The zero-order valence-corrected chi connectivity index (χ0v) is 30.3. The summed E-state index contributed by atoms with van der Waals surface area (Å²) in [7, 11) is 0. The second-order valence-corrected chi connectivity index (χ2v) is 14.2. The topological polar surface area (TPSA) is 32.8 Å².